The number of carbonyl (C=O) groups is 3. The van der Waals surface area contributed by atoms with Crippen molar-refractivity contribution in [3.05, 3.63) is 72.9 Å². The molecule has 0 aliphatic heterocycles. The largest absolute Gasteiger partial charge is 0.544 e. The van der Waals surface area contributed by atoms with Gasteiger partial charge in [0.25, 0.3) is 0 Å². The number of hydrogen-bond donors (Lipinski definition) is 0. The van der Waals surface area contributed by atoms with Gasteiger partial charge in [0, 0.05) is 19.3 Å². The van der Waals surface area contributed by atoms with Gasteiger partial charge in [-0.1, -0.05) is 112 Å². The van der Waals surface area contributed by atoms with Crippen LogP contribution in [0, 0.1) is 0 Å². The van der Waals surface area contributed by atoms with Crippen molar-refractivity contribution in [2.24, 2.45) is 0 Å². The summed E-state index contributed by atoms with van der Waals surface area (Å²) in [5.41, 5.74) is 0. The molecule has 0 aromatic rings. The van der Waals surface area contributed by atoms with E-state index >= 15 is 0 Å². The van der Waals surface area contributed by atoms with E-state index in [2.05, 4.69) is 86.8 Å². The number of ether oxygens (including phenoxy) is 3. The number of unbranched alkanes of at least 4 members (excludes halogenated alkanes) is 8. The SMILES string of the molecule is CC/C=C\C/C=C\C/C=C\C/C=C\CCCCC(=O)OC(COCCC(C(=O)[O-])[N+](C)(C)C)COC(=O)CCCCCCC/C=C\C/C=C\CCC. The summed E-state index contributed by atoms with van der Waals surface area (Å²) in [5.74, 6) is -1.82. The molecule has 0 rings (SSSR count). The van der Waals surface area contributed by atoms with Gasteiger partial charge in [-0.2, -0.15) is 0 Å². The third kappa shape index (κ3) is 32.7. The Kier molecular flexibility index (Phi) is 32.7. The van der Waals surface area contributed by atoms with Crippen LogP contribution in [0.2, 0.25) is 0 Å². The van der Waals surface area contributed by atoms with Gasteiger partial charge in [0.15, 0.2) is 6.10 Å². The van der Waals surface area contributed by atoms with Gasteiger partial charge in [-0.05, 0) is 77.0 Å². The van der Waals surface area contributed by atoms with Crippen LogP contribution < -0.4 is 5.11 Å². The van der Waals surface area contributed by atoms with E-state index in [1.54, 1.807) is 21.1 Å². The van der Waals surface area contributed by atoms with Gasteiger partial charge in [0.05, 0.1) is 40.3 Å². The minimum Gasteiger partial charge on any atom is -0.544 e. The summed E-state index contributed by atoms with van der Waals surface area (Å²) in [6.07, 6.45) is 42.1. The van der Waals surface area contributed by atoms with E-state index in [1.807, 2.05) is 0 Å². The molecule has 0 aromatic carbocycles. The maximum atomic E-state index is 12.7. The molecular formula is C44H73NO7. The van der Waals surface area contributed by atoms with E-state index in [0.29, 0.717) is 12.8 Å². The number of esters is 2. The van der Waals surface area contributed by atoms with Gasteiger partial charge in [-0.15, -0.1) is 0 Å². The first-order valence-electron chi connectivity index (χ1n) is 20.0. The standard InChI is InChI=1S/C44H73NO7/c1-6-8-10-12-14-16-18-20-21-23-25-27-29-31-33-35-43(47)52-40(38-50-37-36-41(44(48)49)45(3,4)5)39-51-42(46)34-32-30-28-26-24-22-19-17-15-13-11-9-7-2/h8,10-11,13-14,16-17,19-21,25,27,40-41H,6-7,9,12,15,18,22-24,26,28-39H2,1-5H3/b10-8-,13-11-,16-14-,19-17-,21-20-,27-25-. The molecule has 0 bridgehead atoms. The van der Waals surface area contributed by atoms with Crippen molar-refractivity contribution in [3.63, 3.8) is 0 Å². The molecule has 0 aromatic heterocycles. The lowest BCUT2D eigenvalue weighted by molar-refractivity contribution is -0.889. The van der Waals surface area contributed by atoms with Crippen molar-refractivity contribution in [1.82, 2.24) is 0 Å². The number of allylic oxidation sites excluding steroid dienone is 12. The lowest BCUT2D eigenvalue weighted by Crippen LogP contribution is -2.55. The van der Waals surface area contributed by atoms with Gasteiger partial charge < -0.3 is 28.6 Å². The second-order valence-electron chi connectivity index (χ2n) is 14.1. The summed E-state index contributed by atoms with van der Waals surface area (Å²) in [6, 6.07) is -0.738. The minimum atomic E-state index is -1.14. The first-order valence-corrected chi connectivity index (χ1v) is 20.0. The third-order valence-electron chi connectivity index (χ3n) is 8.31. The summed E-state index contributed by atoms with van der Waals surface area (Å²) in [7, 11) is 5.37. The lowest BCUT2D eigenvalue weighted by Gasteiger charge is -2.34. The first kappa shape index (κ1) is 48.8. The smallest absolute Gasteiger partial charge is 0.306 e. The normalized spacial score (nSPS) is 13.8. The van der Waals surface area contributed by atoms with E-state index < -0.39 is 18.1 Å². The highest BCUT2D eigenvalue weighted by molar-refractivity contribution is 5.70. The maximum Gasteiger partial charge on any atom is 0.306 e. The summed E-state index contributed by atoms with van der Waals surface area (Å²) in [5, 5.41) is 11.6. The van der Waals surface area contributed by atoms with Crippen LogP contribution in [0.4, 0.5) is 0 Å². The quantitative estimate of drug-likeness (QED) is 0.0282. The molecule has 0 radical (unpaired) electrons. The number of likely N-dealkylation sites (N-methyl/N-ethyl adjacent to an activating group) is 1. The Bertz CT molecular complexity index is 1080. The minimum absolute atomic E-state index is 0.0152. The topological polar surface area (TPSA) is 102 Å². The molecule has 0 amide bonds. The van der Waals surface area contributed by atoms with Crippen molar-refractivity contribution in [2.75, 3.05) is 41.0 Å². The highest BCUT2D eigenvalue weighted by Gasteiger charge is 2.25. The van der Waals surface area contributed by atoms with Crippen molar-refractivity contribution in [3.8, 4) is 0 Å². The number of aliphatic carboxylic acids is 1. The lowest BCUT2D eigenvalue weighted by atomic mass is 10.1. The maximum absolute atomic E-state index is 12.7. The van der Waals surface area contributed by atoms with Gasteiger partial charge in [0.2, 0.25) is 0 Å². The van der Waals surface area contributed by atoms with Gasteiger partial charge in [-0.3, -0.25) is 9.59 Å². The highest BCUT2D eigenvalue weighted by atomic mass is 16.6. The summed E-state index contributed by atoms with van der Waals surface area (Å²) < 4.78 is 17.0. The van der Waals surface area contributed by atoms with E-state index in [0.717, 1.165) is 89.9 Å². The van der Waals surface area contributed by atoms with E-state index in [1.165, 1.54) is 6.42 Å². The predicted molar refractivity (Wildman–Crippen MR) is 212 cm³/mol. The molecule has 0 saturated heterocycles. The fourth-order valence-corrected chi connectivity index (χ4v) is 5.21. The van der Waals surface area contributed by atoms with E-state index in [-0.39, 0.29) is 49.1 Å². The molecule has 8 nitrogen and oxygen atoms in total. The molecule has 2 unspecified atom stereocenters. The summed E-state index contributed by atoms with van der Waals surface area (Å²) in [4.78, 5) is 36.7. The monoisotopic (exact) mass is 728 g/mol. The van der Waals surface area contributed by atoms with Crippen molar-refractivity contribution in [2.45, 2.75) is 148 Å². The Morgan fingerprint density at radius 1 is 0.596 bits per heavy atom. The molecule has 0 aliphatic carbocycles. The van der Waals surface area contributed by atoms with Crippen LogP contribution in [0.1, 0.15) is 136 Å². The Morgan fingerprint density at radius 2 is 1.08 bits per heavy atom. The fourth-order valence-electron chi connectivity index (χ4n) is 5.21. The first-order chi connectivity index (χ1) is 25.1. The molecule has 2 atom stereocenters. The van der Waals surface area contributed by atoms with Gasteiger partial charge >= 0.3 is 11.9 Å². The van der Waals surface area contributed by atoms with Crippen LogP contribution in [0.5, 0.6) is 0 Å². The van der Waals surface area contributed by atoms with Crippen LogP contribution in [-0.2, 0) is 28.6 Å². The van der Waals surface area contributed by atoms with Crippen molar-refractivity contribution < 1.29 is 38.2 Å². The van der Waals surface area contributed by atoms with Crippen LogP contribution in [0.25, 0.3) is 0 Å². The molecule has 0 saturated carbocycles. The zero-order valence-corrected chi connectivity index (χ0v) is 33.4. The Morgan fingerprint density at radius 3 is 1.63 bits per heavy atom. The highest BCUT2D eigenvalue weighted by Crippen LogP contribution is 2.11. The molecule has 0 heterocycles. The number of quaternary nitrogens is 1. The average Bonchev–Trinajstić information content (AvgIpc) is 3.09. The zero-order valence-electron chi connectivity index (χ0n) is 33.4. The zero-order chi connectivity index (χ0) is 38.5. The Hall–Kier alpha value is -3.23. The number of rotatable bonds is 34. The van der Waals surface area contributed by atoms with Crippen molar-refractivity contribution in [1.29, 1.82) is 0 Å². The van der Waals surface area contributed by atoms with E-state index in [9.17, 15) is 19.5 Å². The Labute approximate surface area is 317 Å². The molecule has 0 N–H and O–H groups in total. The molecule has 0 aliphatic rings. The van der Waals surface area contributed by atoms with Gasteiger partial charge in [0.1, 0.15) is 12.6 Å². The number of hydrogen-bond acceptors (Lipinski definition) is 7. The second kappa shape index (κ2) is 34.8. The fraction of sp³-hybridized carbons (Fsp3) is 0.659. The van der Waals surface area contributed by atoms with Crippen LogP contribution in [0.3, 0.4) is 0 Å². The average molecular weight is 728 g/mol. The number of carbonyl (C=O) groups excluding carboxylic acids is 3. The van der Waals surface area contributed by atoms with Crippen LogP contribution >= 0.6 is 0 Å². The van der Waals surface area contributed by atoms with Crippen LogP contribution in [-0.4, -0.2) is 75.5 Å². The van der Waals surface area contributed by atoms with Gasteiger partial charge in [-0.25, -0.2) is 0 Å². The van der Waals surface area contributed by atoms with Crippen molar-refractivity contribution >= 4 is 17.9 Å². The molecule has 8 heteroatoms. The molecule has 52 heavy (non-hydrogen) atoms. The third-order valence-corrected chi connectivity index (χ3v) is 8.31. The number of nitrogens with zero attached hydrogens (tertiary/aromatic N) is 1. The van der Waals surface area contributed by atoms with Crippen LogP contribution in [0.15, 0.2) is 72.9 Å². The molecule has 296 valence electrons. The molecular weight excluding hydrogens is 654 g/mol. The summed E-state index contributed by atoms with van der Waals surface area (Å²) >= 11 is 0. The molecule has 0 spiro atoms. The predicted octanol–water partition coefficient (Wildman–Crippen LogP) is 9.07. The number of carboxylic acid groups (broad SMARTS) is 1. The second-order valence-corrected chi connectivity index (χ2v) is 14.1. The Balaban J connectivity index is 4.52. The summed E-state index contributed by atoms with van der Waals surface area (Å²) in [6.45, 7) is 4.39. The van der Waals surface area contributed by atoms with E-state index in [4.69, 9.17) is 14.2 Å². The molecule has 0 fully saturated rings. The number of carboxylic acids is 1.